The van der Waals surface area contributed by atoms with E-state index in [1.807, 2.05) is 23.7 Å². The van der Waals surface area contributed by atoms with Gasteiger partial charge >= 0.3 is 0 Å². The molecule has 0 radical (unpaired) electrons. The molecule has 9 nitrogen and oxygen atoms in total. The molecule has 1 aliphatic heterocycles. The lowest BCUT2D eigenvalue weighted by molar-refractivity contribution is 0.122. The number of nitrogens with zero attached hydrogens (tertiary/aromatic N) is 6. The molecule has 2 fully saturated rings. The number of ether oxygens (including phenoxy) is 2. The fourth-order valence-corrected chi connectivity index (χ4v) is 4.17. The number of pyridine rings is 1. The van der Waals surface area contributed by atoms with E-state index in [1.165, 1.54) is 0 Å². The first-order valence-corrected chi connectivity index (χ1v) is 10.6. The first-order chi connectivity index (χ1) is 14.7. The van der Waals surface area contributed by atoms with E-state index in [1.54, 1.807) is 12.5 Å². The minimum Gasteiger partial charge on any atom is -0.486 e. The van der Waals surface area contributed by atoms with Crippen molar-refractivity contribution >= 4 is 17.3 Å². The third-order valence-electron chi connectivity index (χ3n) is 5.80. The van der Waals surface area contributed by atoms with Crippen LogP contribution in [-0.4, -0.2) is 63.0 Å². The topological polar surface area (TPSA) is 89.7 Å². The molecule has 2 aliphatic rings. The summed E-state index contributed by atoms with van der Waals surface area (Å²) in [6.07, 6.45) is 9.56. The number of hydrogen-bond donors (Lipinski definition) is 1. The molecule has 0 amide bonds. The van der Waals surface area contributed by atoms with Gasteiger partial charge in [0.1, 0.15) is 6.33 Å². The summed E-state index contributed by atoms with van der Waals surface area (Å²) in [7, 11) is 0. The van der Waals surface area contributed by atoms with Crippen LogP contribution < -0.4 is 15.0 Å². The molecule has 1 N–H and O–H groups in total. The number of rotatable bonds is 5. The van der Waals surface area contributed by atoms with Crippen LogP contribution >= 0.6 is 0 Å². The molecule has 3 aromatic rings. The Morgan fingerprint density at radius 3 is 2.77 bits per heavy atom. The number of hydrogen-bond acceptors (Lipinski definition) is 8. The summed E-state index contributed by atoms with van der Waals surface area (Å²) in [5, 5.41) is 7.80. The van der Waals surface area contributed by atoms with Crippen LogP contribution in [0.3, 0.4) is 0 Å². The summed E-state index contributed by atoms with van der Waals surface area (Å²) in [6, 6.07) is 4.38. The van der Waals surface area contributed by atoms with Crippen LogP contribution in [0.4, 0.5) is 11.6 Å². The quantitative estimate of drug-likeness (QED) is 0.687. The smallest absolute Gasteiger partial charge is 0.223 e. The highest BCUT2D eigenvalue weighted by Gasteiger charge is 2.24. The lowest BCUT2D eigenvalue weighted by atomic mass is 9.93. The van der Waals surface area contributed by atoms with Gasteiger partial charge in [-0.2, -0.15) is 5.10 Å². The maximum Gasteiger partial charge on any atom is 0.223 e. The number of aryl methyl sites for hydroxylation is 1. The zero-order valence-corrected chi connectivity index (χ0v) is 17.2. The predicted molar refractivity (Wildman–Crippen MR) is 113 cm³/mol. The predicted octanol–water partition coefficient (Wildman–Crippen LogP) is 2.47. The third kappa shape index (κ3) is 4.16. The van der Waals surface area contributed by atoms with Gasteiger partial charge in [0, 0.05) is 37.1 Å². The normalized spacial score (nSPS) is 22.2. The van der Waals surface area contributed by atoms with Crippen LogP contribution in [0.5, 0.6) is 5.75 Å². The summed E-state index contributed by atoms with van der Waals surface area (Å²) < 4.78 is 13.7. The van der Waals surface area contributed by atoms with Crippen LogP contribution in [0.25, 0.3) is 5.65 Å². The average molecular weight is 409 g/mol. The fourth-order valence-electron chi connectivity index (χ4n) is 4.17. The van der Waals surface area contributed by atoms with Crippen LogP contribution in [0.15, 0.2) is 30.9 Å². The number of fused-ring (bicyclic) bond motifs is 1. The lowest BCUT2D eigenvalue weighted by Crippen LogP contribution is -2.36. The molecule has 3 aromatic heterocycles. The molecule has 5 rings (SSSR count). The molecule has 0 unspecified atom stereocenters. The number of morpholine rings is 1. The van der Waals surface area contributed by atoms with Crippen molar-refractivity contribution in [1.82, 2.24) is 24.6 Å². The Balaban J connectivity index is 1.25. The third-order valence-corrected chi connectivity index (χ3v) is 5.80. The van der Waals surface area contributed by atoms with Gasteiger partial charge in [0.2, 0.25) is 5.95 Å². The highest BCUT2D eigenvalue weighted by molar-refractivity contribution is 5.61. The Bertz CT molecular complexity index is 994. The lowest BCUT2D eigenvalue weighted by Gasteiger charge is -2.31. The Kier molecular flexibility index (Phi) is 5.35. The van der Waals surface area contributed by atoms with Gasteiger partial charge < -0.3 is 19.7 Å². The minimum absolute atomic E-state index is 0.168. The van der Waals surface area contributed by atoms with Crippen molar-refractivity contribution in [3.8, 4) is 5.75 Å². The van der Waals surface area contributed by atoms with Crippen molar-refractivity contribution in [2.24, 2.45) is 0 Å². The Labute approximate surface area is 175 Å². The summed E-state index contributed by atoms with van der Waals surface area (Å²) >= 11 is 0. The van der Waals surface area contributed by atoms with Gasteiger partial charge in [-0.1, -0.05) is 0 Å². The molecule has 9 heteroatoms. The fraction of sp³-hybridized carbons (Fsp3) is 0.524. The summed E-state index contributed by atoms with van der Waals surface area (Å²) in [5.74, 6) is 1.51. The van der Waals surface area contributed by atoms with Crippen molar-refractivity contribution in [3.63, 3.8) is 0 Å². The first-order valence-electron chi connectivity index (χ1n) is 10.6. The SMILES string of the molecule is Cc1ccnc(NC2CCC(Oc3cc(N4CCOCC4)cn4ncnc34)CC2)n1. The maximum atomic E-state index is 6.44. The van der Waals surface area contributed by atoms with Crippen LogP contribution in [-0.2, 0) is 4.74 Å². The molecule has 1 saturated carbocycles. The second-order valence-corrected chi connectivity index (χ2v) is 7.95. The summed E-state index contributed by atoms with van der Waals surface area (Å²) in [5.41, 5.74) is 2.83. The monoisotopic (exact) mass is 409 g/mol. The van der Waals surface area contributed by atoms with Crippen LogP contribution in [0.2, 0.25) is 0 Å². The van der Waals surface area contributed by atoms with E-state index in [9.17, 15) is 0 Å². The van der Waals surface area contributed by atoms with Crippen molar-refractivity contribution < 1.29 is 9.47 Å². The standard InChI is InChI=1S/C21H27N7O2/c1-15-6-7-22-21(25-15)26-16-2-4-18(5-3-16)30-19-12-17(27-8-10-29-11-9-27)13-28-20(19)23-14-24-28/h6-7,12-14,16,18H,2-5,8-11H2,1H3,(H,22,25,26). The molecular weight excluding hydrogens is 382 g/mol. The van der Waals surface area contributed by atoms with Gasteiger partial charge in [-0.25, -0.2) is 19.5 Å². The largest absolute Gasteiger partial charge is 0.486 e. The van der Waals surface area contributed by atoms with E-state index in [4.69, 9.17) is 9.47 Å². The van der Waals surface area contributed by atoms with Gasteiger partial charge in [0.05, 0.1) is 31.2 Å². The molecule has 0 aromatic carbocycles. The van der Waals surface area contributed by atoms with Gasteiger partial charge in [0.25, 0.3) is 0 Å². The van der Waals surface area contributed by atoms with E-state index in [0.29, 0.717) is 12.0 Å². The van der Waals surface area contributed by atoms with Crippen molar-refractivity contribution in [2.45, 2.75) is 44.8 Å². The second-order valence-electron chi connectivity index (χ2n) is 7.95. The van der Waals surface area contributed by atoms with Gasteiger partial charge in [0.15, 0.2) is 11.4 Å². The molecular formula is C21H27N7O2. The molecule has 158 valence electrons. The highest BCUT2D eigenvalue weighted by atomic mass is 16.5. The van der Waals surface area contributed by atoms with E-state index < -0.39 is 0 Å². The minimum atomic E-state index is 0.168. The number of aromatic nitrogens is 5. The van der Waals surface area contributed by atoms with E-state index in [-0.39, 0.29) is 6.10 Å². The summed E-state index contributed by atoms with van der Waals surface area (Å²) in [6.45, 7) is 5.21. The Morgan fingerprint density at radius 2 is 1.97 bits per heavy atom. The van der Waals surface area contributed by atoms with Gasteiger partial charge in [-0.05, 0) is 38.7 Å². The average Bonchev–Trinajstić information content (AvgIpc) is 3.25. The molecule has 0 spiro atoms. The van der Waals surface area contributed by atoms with Crippen molar-refractivity contribution in [3.05, 3.63) is 36.5 Å². The molecule has 4 heterocycles. The second kappa shape index (κ2) is 8.43. The first kappa shape index (κ1) is 19.0. The van der Waals surface area contributed by atoms with Crippen LogP contribution in [0.1, 0.15) is 31.4 Å². The highest BCUT2D eigenvalue weighted by Crippen LogP contribution is 2.30. The molecule has 0 atom stereocenters. The van der Waals surface area contributed by atoms with E-state index >= 15 is 0 Å². The Morgan fingerprint density at radius 1 is 1.13 bits per heavy atom. The molecule has 30 heavy (non-hydrogen) atoms. The van der Waals surface area contributed by atoms with Crippen molar-refractivity contribution in [1.29, 1.82) is 0 Å². The van der Waals surface area contributed by atoms with E-state index in [2.05, 4.69) is 36.3 Å². The maximum absolute atomic E-state index is 6.44. The van der Waals surface area contributed by atoms with E-state index in [0.717, 1.165) is 74.8 Å². The number of nitrogens with one attached hydrogen (secondary N) is 1. The van der Waals surface area contributed by atoms with Crippen LogP contribution in [0, 0.1) is 6.92 Å². The van der Waals surface area contributed by atoms with Crippen molar-refractivity contribution in [2.75, 3.05) is 36.5 Å². The molecule has 1 aliphatic carbocycles. The zero-order valence-electron chi connectivity index (χ0n) is 17.2. The number of anilines is 2. The zero-order chi connectivity index (χ0) is 20.3. The van der Waals surface area contributed by atoms with Gasteiger partial charge in [-0.15, -0.1) is 0 Å². The summed E-state index contributed by atoms with van der Waals surface area (Å²) in [4.78, 5) is 15.5. The van der Waals surface area contributed by atoms with Gasteiger partial charge in [-0.3, -0.25) is 0 Å². The molecule has 0 bridgehead atoms. The molecule has 1 saturated heterocycles. The Hall–Kier alpha value is -2.94.